The number of Topliss-reactive ketones (excluding diaryl/α,β-unsaturated/α-hetero) is 1. The van der Waals surface area contributed by atoms with E-state index >= 15 is 0 Å². The highest BCUT2D eigenvalue weighted by atomic mass is 16.2. The second-order valence-electron chi connectivity index (χ2n) is 8.42. The minimum atomic E-state index is -0.169. The van der Waals surface area contributed by atoms with E-state index in [1.165, 1.54) is 5.57 Å². The number of aldehydes is 1. The van der Waals surface area contributed by atoms with Crippen LogP contribution in [0.25, 0.3) is 0 Å². The molecule has 0 amide bonds. The van der Waals surface area contributed by atoms with Gasteiger partial charge in [0.05, 0.1) is 0 Å². The van der Waals surface area contributed by atoms with E-state index in [2.05, 4.69) is 44.2 Å². The van der Waals surface area contributed by atoms with Crippen LogP contribution in [0.3, 0.4) is 0 Å². The number of allylic oxidation sites excluding steroid dienone is 6. The van der Waals surface area contributed by atoms with Crippen molar-refractivity contribution in [1.29, 1.82) is 0 Å². The molecular formula is C21H26O2. The third-order valence-electron chi connectivity index (χ3n) is 7.62. The fourth-order valence-electron chi connectivity index (χ4n) is 6.34. The predicted octanol–water partition coefficient (Wildman–Crippen LogP) is 4.28. The van der Waals surface area contributed by atoms with Crippen molar-refractivity contribution in [2.24, 2.45) is 34.5 Å². The van der Waals surface area contributed by atoms with Crippen molar-refractivity contribution < 1.29 is 9.59 Å². The van der Waals surface area contributed by atoms with Crippen molar-refractivity contribution in [3.63, 3.8) is 0 Å². The fourth-order valence-corrected chi connectivity index (χ4v) is 6.34. The van der Waals surface area contributed by atoms with Crippen LogP contribution >= 0.6 is 0 Å². The molecule has 0 spiro atoms. The third-order valence-corrected chi connectivity index (χ3v) is 7.62. The Kier molecular flexibility index (Phi) is 3.30. The van der Waals surface area contributed by atoms with Crippen molar-refractivity contribution in [2.75, 3.05) is 0 Å². The van der Waals surface area contributed by atoms with Gasteiger partial charge in [-0.2, -0.15) is 0 Å². The zero-order valence-corrected chi connectivity index (χ0v) is 14.1. The van der Waals surface area contributed by atoms with Crippen LogP contribution in [0.15, 0.2) is 36.0 Å². The van der Waals surface area contributed by atoms with Crippen molar-refractivity contribution >= 4 is 12.1 Å². The van der Waals surface area contributed by atoms with Gasteiger partial charge in [0, 0.05) is 11.3 Å². The topological polar surface area (TPSA) is 34.1 Å². The average Bonchev–Trinajstić information content (AvgIpc) is 2.91. The second-order valence-corrected chi connectivity index (χ2v) is 8.42. The lowest BCUT2D eigenvalue weighted by molar-refractivity contribution is -0.136. The highest BCUT2D eigenvalue weighted by Gasteiger charge is 2.58. The molecule has 2 fully saturated rings. The molecule has 23 heavy (non-hydrogen) atoms. The summed E-state index contributed by atoms with van der Waals surface area (Å²) in [7, 11) is 0. The van der Waals surface area contributed by atoms with E-state index < -0.39 is 0 Å². The molecule has 0 radical (unpaired) electrons. The van der Waals surface area contributed by atoms with E-state index in [0.717, 1.165) is 32.1 Å². The van der Waals surface area contributed by atoms with Gasteiger partial charge in [0.25, 0.3) is 0 Å². The maximum Gasteiger partial charge on any atom is 0.198 e. The van der Waals surface area contributed by atoms with Crippen LogP contribution in [0.1, 0.15) is 46.0 Å². The number of rotatable bonds is 2. The molecule has 6 atom stereocenters. The molecule has 4 rings (SSSR count). The van der Waals surface area contributed by atoms with Crippen molar-refractivity contribution in [2.45, 2.75) is 46.0 Å². The summed E-state index contributed by atoms with van der Waals surface area (Å²) in [6.07, 6.45) is 17.7. The van der Waals surface area contributed by atoms with Gasteiger partial charge in [0.15, 0.2) is 12.1 Å². The zero-order chi connectivity index (χ0) is 16.2. The fraction of sp³-hybridized carbons (Fsp3) is 0.619. The van der Waals surface area contributed by atoms with Gasteiger partial charge in [-0.05, 0) is 60.8 Å². The summed E-state index contributed by atoms with van der Waals surface area (Å²) in [5, 5.41) is 0. The van der Waals surface area contributed by atoms with Gasteiger partial charge in [-0.3, -0.25) is 9.59 Å². The lowest BCUT2D eigenvalue weighted by Gasteiger charge is -2.54. The Morgan fingerprint density at radius 2 is 2.04 bits per heavy atom. The molecule has 0 aliphatic heterocycles. The Hall–Kier alpha value is -1.44. The lowest BCUT2D eigenvalue weighted by Crippen LogP contribution is -2.48. The number of carbonyl (C=O) groups excluding carboxylic acids is 2. The summed E-state index contributed by atoms with van der Waals surface area (Å²) in [6, 6.07) is 0. The quantitative estimate of drug-likeness (QED) is 0.433. The molecule has 0 heterocycles. The normalized spacial score (nSPS) is 47.3. The molecule has 0 aromatic carbocycles. The first-order valence-corrected chi connectivity index (χ1v) is 9.06. The first kappa shape index (κ1) is 15.1. The summed E-state index contributed by atoms with van der Waals surface area (Å²) >= 11 is 0. The SMILES string of the molecule is C[C@]12CC[C@H]3[C@@H](C=CC4=CCC=C[C@@]43C)[C@@H]1CC[C@@H]2C(=O)C=O. The van der Waals surface area contributed by atoms with Gasteiger partial charge < -0.3 is 0 Å². The number of hydrogen-bond donors (Lipinski definition) is 0. The van der Waals surface area contributed by atoms with E-state index in [-0.39, 0.29) is 22.5 Å². The highest BCUT2D eigenvalue weighted by Crippen LogP contribution is 2.64. The zero-order valence-electron chi connectivity index (χ0n) is 14.1. The van der Waals surface area contributed by atoms with Crippen LogP contribution in [0, 0.1) is 34.5 Å². The number of fused-ring (bicyclic) bond motifs is 5. The van der Waals surface area contributed by atoms with E-state index in [1.807, 2.05) is 0 Å². The smallest absolute Gasteiger partial charge is 0.198 e. The average molecular weight is 310 g/mol. The predicted molar refractivity (Wildman–Crippen MR) is 90.7 cm³/mol. The van der Waals surface area contributed by atoms with Crippen LogP contribution < -0.4 is 0 Å². The largest absolute Gasteiger partial charge is 0.295 e. The van der Waals surface area contributed by atoms with Crippen molar-refractivity contribution in [3.05, 3.63) is 36.0 Å². The summed E-state index contributed by atoms with van der Waals surface area (Å²) < 4.78 is 0. The second kappa shape index (κ2) is 5.03. The minimum Gasteiger partial charge on any atom is -0.295 e. The van der Waals surface area contributed by atoms with Crippen LogP contribution in [0.5, 0.6) is 0 Å². The molecule has 2 saturated carbocycles. The lowest BCUT2D eigenvalue weighted by atomic mass is 9.49. The molecule has 0 saturated heterocycles. The monoisotopic (exact) mass is 310 g/mol. The van der Waals surface area contributed by atoms with E-state index in [0.29, 0.717) is 24.0 Å². The van der Waals surface area contributed by atoms with Gasteiger partial charge in [-0.25, -0.2) is 0 Å². The molecule has 0 aromatic heterocycles. The third kappa shape index (κ3) is 1.93. The van der Waals surface area contributed by atoms with Crippen molar-refractivity contribution in [3.8, 4) is 0 Å². The van der Waals surface area contributed by atoms with Gasteiger partial charge in [-0.1, -0.05) is 44.2 Å². The molecule has 0 N–H and O–H groups in total. The van der Waals surface area contributed by atoms with Gasteiger partial charge in [-0.15, -0.1) is 0 Å². The Morgan fingerprint density at radius 1 is 1.22 bits per heavy atom. The van der Waals surface area contributed by atoms with Crippen LogP contribution in [-0.2, 0) is 9.59 Å². The first-order chi connectivity index (χ1) is 11.0. The van der Waals surface area contributed by atoms with Crippen molar-refractivity contribution in [1.82, 2.24) is 0 Å². The molecule has 4 aliphatic carbocycles. The van der Waals surface area contributed by atoms with Crippen LogP contribution in [-0.4, -0.2) is 12.1 Å². The Labute approximate surface area is 138 Å². The summed E-state index contributed by atoms with van der Waals surface area (Å²) in [5.74, 6) is 1.50. The number of carbonyl (C=O) groups is 2. The standard InChI is InChI=1S/C21H26O2/c1-20-11-4-3-5-14(20)6-7-15-16-8-9-18(19(23)13-22)21(16,2)12-10-17(15)20/h4-7,11,13,15-18H,3,8-10,12H2,1-2H3/t15-,16-,17-,18+,20-,21-/m0/s1. The summed E-state index contributed by atoms with van der Waals surface area (Å²) in [4.78, 5) is 23.2. The van der Waals surface area contributed by atoms with Gasteiger partial charge in [0.2, 0.25) is 0 Å². The molecule has 0 aromatic rings. The molecule has 0 unspecified atom stereocenters. The number of hydrogen-bond acceptors (Lipinski definition) is 2. The van der Waals surface area contributed by atoms with Gasteiger partial charge >= 0.3 is 0 Å². The number of ketones is 1. The summed E-state index contributed by atoms with van der Waals surface area (Å²) in [5.41, 5.74) is 1.65. The summed E-state index contributed by atoms with van der Waals surface area (Å²) in [6.45, 7) is 4.66. The maximum atomic E-state index is 12.1. The van der Waals surface area contributed by atoms with E-state index in [9.17, 15) is 9.59 Å². The van der Waals surface area contributed by atoms with Crippen LogP contribution in [0.2, 0.25) is 0 Å². The Morgan fingerprint density at radius 3 is 2.83 bits per heavy atom. The molecule has 4 aliphatic rings. The highest BCUT2D eigenvalue weighted by molar-refractivity contribution is 6.26. The van der Waals surface area contributed by atoms with Gasteiger partial charge in [0.1, 0.15) is 0 Å². The Bertz CT molecular complexity index is 640. The molecule has 2 heteroatoms. The van der Waals surface area contributed by atoms with E-state index in [1.54, 1.807) is 0 Å². The molecule has 0 bridgehead atoms. The molecule has 2 nitrogen and oxygen atoms in total. The van der Waals surface area contributed by atoms with E-state index in [4.69, 9.17) is 0 Å². The maximum absolute atomic E-state index is 12.1. The Balaban J connectivity index is 1.71. The van der Waals surface area contributed by atoms with Crippen LogP contribution in [0.4, 0.5) is 0 Å². The first-order valence-electron chi connectivity index (χ1n) is 9.06. The molecular weight excluding hydrogens is 284 g/mol. The minimum absolute atomic E-state index is 0.0134. The molecule has 122 valence electrons.